The lowest BCUT2D eigenvalue weighted by atomic mass is 9.73. The van der Waals surface area contributed by atoms with Gasteiger partial charge in [0.1, 0.15) is 14.8 Å². The third-order valence-electron chi connectivity index (χ3n) is 6.86. The number of hydrogen-bond acceptors (Lipinski definition) is 7. The number of thiocarbonyl (C=S) groups is 1. The number of anilines is 1. The van der Waals surface area contributed by atoms with Gasteiger partial charge < -0.3 is 9.64 Å². The molecule has 32 heavy (non-hydrogen) atoms. The average molecular weight is 486 g/mol. The van der Waals surface area contributed by atoms with Gasteiger partial charge in [-0.2, -0.15) is 0 Å². The second-order valence-corrected chi connectivity index (χ2v) is 11.1. The van der Waals surface area contributed by atoms with E-state index in [1.54, 1.807) is 41.4 Å². The van der Waals surface area contributed by atoms with E-state index in [1.165, 1.54) is 11.8 Å². The number of nitrogens with zero attached hydrogens (tertiary/aromatic N) is 3. The maximum Gasteiger partial charge on any atom is 0.254 e. The van der Waals surface area contributed by atoms with Crippen LogP contribution < -0.4 is 9.64 Å². The van der Waals surface area contributed by atoms with E-state index in [4.69, 9.17) is 17.0 Å². The summed E-state index contributed by atoms with van der Waals surface area (Å²) in [5.41, 5.74) is 0.368. The minimum atomic E-state index is -1.21. The summed E-state index contributed by atoms with van der Waals surface area (Å²) in [6.45, 7) is 4.68. The third-order valence-corrected chi connectivity index (χ3v) is 9.78. The van der Waals surface area contributed by atoms with Crippen molar-refractivity contribution in [3.8, 4) is 5.75 Å². The molecule has 2 saturated heterocycles. The van der Waals surface area contributed by atoms with Crippen LogP contribution in [-0.4, -0.2) is 65.0 Å². The van der Waals surface area contributed by atoms with Crippen LogP contribution in [0.4, 0.5) is 5.69 Å². The van der Waals surface area contributed by atoms with Crippen molar-refractivity contribution in [3.05, 3.63) is 58.8 Å². The molecule has 0 radical (unpaired) electrons. The number of thioether (sulfide) groups is 1. The van der Waals surface area contributed by atoms with Gasteiger partial charge in [0.05, 0.1) is 7.11 Å². The first kappa shape index (κ1) is 21.6. The van der Waals surface area contributed by atoms with Gasteiger partial charge in [0.2, 0.25) is 5.91 Å². The van der Waals surface area contributed by atoms with Crippen LogP contribution >= 0.6 is 35.3 Å². The van der Waals surface area contributed by atoms with Crippen molar-refractivity contribution < 1.29 is 14.3 Å². The lowest BCUT2D eigenvalue weighted by Crippen LogP contribution is -2.62. The molecule has 0 saturated carbocycles. The summed E-state index contributed by atoms with van der Waals surface area (Å²) >= 11 is 8.67. The molecule has 0 bridgehead atoms. The van der Waals surface area contributed by atoms with E-state index in [2.05, 4.69) is 6.58 Å². The number of methoxy groups -OCH3 is 1. The Morgan fingerprint density at radius 3 is 2.72 bits per heavy atom. The van der Waals surface area contributed by atoms with Crippen LogP contribution in [0.25, 0.3) is 0 Å². The van der Waals surface area contributed by atoms with Gasteiger partial charge in [0.15, 0.2) is 5.54 Å². The summed E-state index contributed by atoms with van der Waals surface area (Å²) in [4.78, 5) is 34.9. The molecule has 9 heteroatoms. The summed E-state index contributed by atoms with van der Waals surface area (Å²) in [6, 6.07) is 9.68. The molecule has 3 atom stereocenters. The number of fused-ring (bicyclic) bond motifs is 3. The van der Waals surface area contributed by atoms with E-state index in [-0.39, 0.29) is 17.7 Å². The van der Waals surface area contributed by atoms with E-state index in [9.17, 15) is 9.59 Å². The van der Waals surface area contributed by atoms with Gasteiger partial charge in [-0.25, -0.2) is 0 Å². The monoisotopic (exact) mass is 485 g/mol. The van der Waals surface area contributed by atoms with Crippen molar-refractivity contribution >= 4 is 57.1 Å². The molecule has 166 valence electrons. The SMILES string of the molecule is C=CCN1C(=O)[C@@]2(SC1=S)[C@H](c1cccs1)CN(C)[C@@]21C(=O)N(C)c2ccc(OC)cc21. The number of amides is 2. The lowest BCUT2D eigenvalue weighted by molar-refractivity contribution is -0.138. The molecule has 0 unspecified atom stereocenters. The zero-order valence-corrected chi connectivity index (χ0v) is 20.5. The van der Waals surface area contributed by atoms with Crippen LogP contribution in [-0.2, 0) is 15.1 Å². The van der Waals surface area contributed by atoms with Crippen LogP contribution in [0.15, 0.2) is 48.4 Å². The third kappa shape index (κ3) is 2.42. The van der Waals surface area contributed by atoms with Crippen molar-refractivity contribution in [1.82, 2.24) is 9.80 Å². The standard InChI is InChI=1S/C23H23N3O3S3/c1-5-10-26-20(28)23(32-21(26)30)16(18-7-6-11-31-18)13-24(2)22(23)15-12-14(29-4)8-9-17(15)25(3)19(22)27/h5-9,11-12,16H,1,10,13H2,2-4H3/t16-,22-,23-/m0/s1. The largest absolute Gasteiger partial charge is 0.497 e. The number of carbonyl (C=O) groups is 2. The molecule has 0 N–H and O–H groups in total. The first-order valence-electron chi connectivity index (χ1n) is 10.2. The summed E-state index contributed by atoms with van der Waals surface area (Å²) in [7, 11) is 5.31. The summed E-state index contributed by atoms with van der Waals surface area (Å²) < 4.78 is 4.87. The Morgan fingerprint density at radius 1 is 1.28 bits per heavy atom. The van der Waals surface area contributed by atoms with Crippen LogP contribution in [0.1, 0.15) is 16.4 Å². The Bertz CT molecular complexity index is 1150. The summed E-state index contributed by atoms with van der Waals surface area (Å²) in [5, 5.41) is 2.01. The van der Waals surface area contributed by atoms with Crippen LogP contribution in [0.2, 0.25) is 0 Å². The number of likely N-dealkylation sites (tertiary alicyclic amines) is 1. The van der Waals surface area contributed by atoms with Gasteiger partial charge in [0, 0.05) is 42.2 Å². The molecule has 2 amide bonds. The molecule has 3 aliphatic rings. The average Bonchev–Trinajstić information content (AvgIpc) is 3.51. The smallest absolute Gasteiger partial charge is 0.254 e. The molecule has 6 nitrogen and oxygen atoms in total. The fourth-order valence-electron chi connectivity index (χ4n) is 5.53. The highest BCUT2D eigenvalue weighted by atomic mass is 32.2. The number of carbonyl (C=O) groups excluding carboxylic acids is 2. The van der Waals surface area contributed by atoms with Gasteiger partial charge in [0.25, 0.3) is 5.91 Å². The Labute approximate surface area is 200 Å². The molecule has 2 aromatic rings. The topological polar surface area (TPSA) is 53.1 Å². The predicted molar refractivity (Wildman–Crippen MR) is 133 cm³/mol. The number of thiophene rings is 1. The number of ether oxygens (including phenoxy) is 1. The fourth-order valence-corrected chi connectivity index (χ4v) is 8.63. The van der Waals surface area contributed by atoms with Crippen LogP contribution in [0.5, 0.6) is 5.75 Å². The van der Waals surface area contributed by atoms with Crippen molar-refractivity contribution in [2.24, 2.45) is 0 Å². The van der Waals surface area contributed by atoms with Gasteiger partial charge in [-0.05, 0) is 36.7 Å². The highest BCUT2D eigenvalue weighted by Crippen LogP contribution is 2.67. The fraction of sp³-hybridized carbons (Fsp3) is 0.348. The first-order chi connectivity index (χ1) is 15.3. The van der Waals surface area contributed by atoms with E-state index in [1.807, 2.05) is 47.7 Å². The number of rotatable bonds is 4. The Morgan fingerprint density at radius 2 is 2.06 bits per heavy atom. The molecular formula is C23H23N3O3S3. The summed E-state index contributed by atoms with van der Waals surface area (Å²) in [5.74, 6) is 0.196. The molecule has 2 fully saturated rings. The first-order valence-corrected chi connectivity index (χ1v) is 12.3. The second-order valence-electron chi connectivity index (χ2n) is 8.21. The van der Waals surface area contributed by atoms with Crippen LogP contribution in [0.3, 0.4) is 0 Å². The minimum Gasteiger partial charge on any atom is -0.497 e. The molecule has 3 aliphatic heterocycles. The van der Waals surface area contributed by atoms with Crippen molar-refractivity contribution in [1.29, 1.82) is 0 Å². The zero-order chi connectivity index (χ0) is 22.8. The number of likely N-dealkylation sites (N-methyl/N-ethyl adjacent to an activating group) is 2. The molecule has 2 spiro atoms. The molecule has 0 aliphatic carbocycles. The summed E-state index contributed by atoms with van der Waals surface area (Å²) in [6.07, 6.45) is 1.68. The van der Waals surface area contributed by atoms with E-state index in [0.29, 0.717) is 23.2 Å². The van der Waals surface area contributed by atoms with E-state index in [0.717, 1.165) is 16.1 Å². The van der Waals surface area contributed by atoms with Crippen molar-refractivity contribution in [2.45, 2.75) is 16.2 Å². The molecule has 1 aromatic carbocycles. The van der Waals surface area contributed by atoms with Gasteiger partial charge >= 0.3 is 0 Å². The van der Waals surface area contributed by atoms with Gasteiger partial charge in [-0.3, -0.25) is 19.4 Å². The van der Waals surface area contributed by atoms with Crippen molar-refractivity contribution in [2.75, 3.05) is 39.2 Å². The molecule has 5 rings (SSSR count). The Balaban J connectivity index is 1.84. The Hall–Kier alpha value is -2.20. The minimum absolute atomic E-state index is 0.119. The Kier molecular flexibility index (Phi) is 5.01. The van der Waals surface area contributed by atoms with Crippen LogP contribution in [0, 0.1) is 0 Å². The predicted octanol–water partition coefficient (Wildman–Crippen LogP) is 3.44. The molecular weight excluding hydrogens is 462 g/mol. The quantitative estimate of drug-likeness (QED) is 0.489. The maximum absolute atomic E-state index is 14.3. The maximum atomic E-state index is 14.3. The highest BCUT2D eigenvalue weighted by molar-refractivity contribution is 8.25. The van der Waals surface area contributed by atoms with Crippen molar-refractivity contribution in [3.63, 3.8) is 0 Å². The normalized spacial score (nSPS) is 29.6. The van der Waals surface area contributed by atoms with E-state index < -0.39 is 10.3 Å². The number of benzene rings is 1. The second kappa shape index (κ2) is 7.41. The van der Waals surface area contributed by atoms with E-state index >= 15 is 0 Å². The van der Waals surface area contributed by atoms with Gasteiger partial charge in [-0.15, -0.1) is 17.9 Å². The highest BCUT2D eigenvalue weighted by Gasteiger charge is 2.78. The lowest BCUT2D eigenvalue weighted by Gasteiger charge is -2.42. The number of hydrogen-bond donors (Lipinski definition) is 0. The van der Waals surface area contributed by atoms with Gasteiger partial charge in [-0.1, -0.05) is 36.1 Å². The molecule has 1 aromatic heterocycles. The zero-order valence-electron chi connectivity index (χ0n) is 18.0. The molecule has 4 heterocycles.